The lowest BCUT2D eigenvalue weighted by Crippen LogP contribution is -2.37. The van der Waals surface area contributed by atoms with Crippen LogP contribution >= 0.6 is 0 Å². The molecule has 0 aromatic carbocycles. The van der Waals surface area contributed by atoms with Gasteiger partial charge in [-0.25, -0.2) is 0 Å². The van der Waals surface area contributed by atoms with E-state index in [9.17, 15) is 4.79 Å². The molecule has 1 aliphatic carbocycles. The van der Waals surface area contributed by atoms with Crippen molar-refractivity contribution >= 4 is 5.91 Å². The molecular formula is C21H28N2O2. The molecule has 0 bridgehead atoms. The van der Waals surface area contributed by atoms with Crippen LogP contribution in [0.2, 0.25) is 0 Å². The number of carbonyl (C=O) groups is 1. The standard InChI is InChI=1S/C21H28N2O2/c1-3-21-10-6-12-23-15(14-25-2)13-17(20(21)23)16-7-4-5-8-18(16)22-19(24)9-11-21/h4-5,7-8,13,16,18H,3,6,9-12,14H2,1-2H3,(H,22,24)/t16?,18?,21-/m0/s1. The predicted molar refractivity (Wildman–Crippen MR) is 98.5 cm³/mol. The zero-order valence-corrected chi connectivity index (χ0v) is 15.3. The maximum atomic E-state index is 12.5. The van der Waals surface area contributed by atoms with Crippen molar-refractivity contribution in [3.63, 3.8) is 0 Å². The van der Waals surface area contributed by atoms with Gasteiger partial charge in [0.15, 0.2) is 0 Å². The van der Waals surface area contributed by atoms with Gasteiger partial charge in [-0.1, -0.05) is 31.2 Å². The first-order chi connectivity index (χ1) is 12.2. The van der Waals surface area contributed by atoms with Crippen LogP contribution in [0.15, 0.2) is 30.4 Å². The van der Waals surface area contributed by atoms with Crippen LogP contribution in [0, 0.1) is 0 Å². The summed E-state index contributed by atoms with van der Waals surface area (Å²) in [7, 11) is 1.77. The molecule has 2 unspecified atom stereocenters. The molecule has 1 aromatic rings. The quantitative estimate of drug-likeness (QED) is 0.914. The van der Waals surface area contributed by atoms with Crippen molar-refractivity contribution in [1.82, 2.24) is 9.88 Å². The van der Waals surface area contributed by atoms with Crippen LogP contribution in [-0.2, 0) is 28.1 Å². The van der Waals surface area contributed by atoms with Gasteiger partial charge >= 0.3 is 0 Å². The summed E-state index contributed by atoms with van der Waals surface area (Å²) in [6.45, 7) is 4.00. The number of methoxy groups -OCH3 is 1. The van der Waals surface area contributed by atoms with E-state index in [0.717, 1.165) is 19.4 Å². The van der Waals surface area contributed by atoms with Crippen LogP contribution in [0.5, 0.6) is 0 Å². The van der Waals surface area contributed by atoms with Crippen LogP contribution in [0.25, 0.3) is 0 Å². The number of nitrogens with one attached hydrogen (secondary N) is 1. The van der Waals surface area contributed by atoms with E-state index in [0.29, 0.717) is 13.0 Å². The van der Waals surface area contributed by atoms with Crippen molar-refractivity contribution in [3.05, 3.63) is 47.3 Å². The van der Waals surface area contributed by atoms with Crippen LogP contribution in [0.3, 0.4) is 0 Å². The van der Waals surface area contributed by atoms with Gasteiger partial charge in [0.1, 0.15) is 0 Å². The summed E-state index contributed by atoms with van der Waals surface area (Å²) in [5.74, 6) is 0.394. The summed E-state index contributed by atoms with van der Waals surface area (Å²) in [5, 5.41) is 3.25. The topological polar surface area (TPSA) is 43.3 Å². The number of hydrogen-bond donors (Lipinski definition) is 1. The lowest BCUT2D eigenvalue weighted by Gasteiger charge is -2.40. The molecular weight excluding hydrogens is 312 g/mol. The molecule has 0 fully saturated rings. The van der Waals surface area contributed by atoms with Crippen molar-refractivity contribution in [2.75, 3.05) is 7.11 Å². The monoisotopic (exact) mass is 340 g/mol. The van der Waals surface area contributed by atoms with Gasteiger partial charge in [-0.15, -0.1) is 0 Å². The first-order valence-corrected chi connectivity index (χ1v) is 9.54. The van der Waals surface area contributed by atoms with Gasteiger partial charge in [0.25, 0.3) is 0 Å². The number of nitrogens with zero attached hydrogens (tertiary/aromatic N) is 1. The maximum Gasteiger partial charge on any atom is 0.220 e. The average Bonchev–Trinajstić information content (AvgIpc) is 3.01. The molecule has 4 rings (SSSR count). The number of carbonyl (C=O) groups excluding carboxylic acids is 1. The van der Waals surface area contributed by atoms with Gasteiger partial charge < -0.3 is 14.6 Å². The Bertz CT molecular complexity index is 730. The van der Waals surface area contributed by atoms with E-state index in [-0.39, 0.29) is 23.3 Å². The molecule has 2 aliphatic heterocycles. The predicted octanol–water partition coefficient (Wildman–Crippen LogP) is 3.56. The van der Waals surface area contributed by atoms with Gasteiger partial charge in [-0.3, -0.25) is 4.79 Å². The molecule has 1 N–H and O–H groups in total. The van der Waals surface area contributed by atoms with Crippen LogP contribution < -0.4 is 5.32 Å². The molecule has 0 saturated heterocycles. The lowest BCUT2D eigenvalue weighted by molar-refractivity contribution is -0.122. The molecule has 25 heavy (non-hydrogen) atoms. The molecule has 134 valence electrons. The van der Waals surface area contributed by atoms with Crippen molar-refractivity contribution in [1.29, 1.82) is 0 Å². The zero-order chi connectivity index (χ0) is 17.4. The number of aromatic nitrogens is 1. The van der Waals surface area contributed by atoms with Crippen molar-refractivity contribution < 1.29 is 9.53 Å². The average molecular weight is 340 g/mol. The molecule has 0 radical (unpaired) electrons. The molecule has 1 aromatic heterocycles. The van der Waals surface area contributed by atoms with E-state index >= 15 is 0 Å². The van der Waals surface area contributed by atoms with E-state index in [4.69, 9.17) is 4.74 Å². The SMILES string of the molecule is CC[C@@]12CCCn3c(COC)cc(c31)C1C=CC=CC1NC(=O)CC2. The molecule has 0 saturated carbocycles. The minimum Gasteiger partial charge on any atom is -0.378 e. The van der Waals surface area contributed by atoms with Crippen molar-refractivity contribution in [3.8, 4) is 0 Å². The summed E-state index contributed by atoms with van der Waals surface area (Å²) < 4.78 is 8.00. The Morgan fingerprint density at radius 3 is 2.96 bits per heavy atom. The van der Waals surface area contributed by atoms with Gasteiger partial charge in [-0.2, -0.15) is 0 Å². The maximum absolute atomic E-state index is 12.5. The minimum absolute atomic E-state index is 0.0505. The second-order valence-corrected chi connectivity index (χ2v) is 7.65. The highest BCUT2D eigenvalue weighted by Crippen LogP contribution is 2.47. The minimum atomic E-state index is 0.0505. The van der Waals surface area contributed by atoms with Gasteiger partial charge in [-0.05, 0) is 37.3 Å². The second kappa shape index (κ2) is 6.49. The van der Waals surface area contributed by atoms with E-state index in [2.05, 4.69) is 41.1 Å². The summed E-state index contributed by atoms with van der Waals surface area (Å²) in [5.41, 5.74) is 4.25. The summed E-state index contributed by atoms with van der Waals surface area (Å²) in [6.07, 6.45) is 13.5. The number of hydrogen-bond acceptors (Lipinski definition) is 2. The third-order valence-corrected chi connectivity index (χ3v) is 6.37. The highest BCUT2D eigenvalue weighted by atomic mass is 16.5. The summed E-state index contributed by atoms with van der Waals surface area (Å²) in [6, 6.07) is 2.39. The Morgan fingerprint density at radius 2 is 2.16 bits per heavy atom. The fraction of sp³-hybridized carbons (Fsp3) is 0.571. The molecule has 4 heteroatoms. The highest BCUT2D eigenvalue weighted by molar-refractivity contribution is 5.77. The van der Waals surface area contributed by atoms with Gasteiger partial charge in [0, 0.05) is 42.8 Å². The third-order valence-electron chi connectivity index (χ3n) is 6.37. The van der Waals surface area contributed by atoms with Crippen LogP contribution in [0.4, 0.5) is 0 Å². The number of allylic oxidation sites excluding steroid dienone is 2. The first kappa shape index (κ1) is 16.6. The Labute approximate surface area is 149 Å². The Kier molecular flexibility index (Phi) is 4.32. The van der Waals surface area contributed by atoms with E-state index < -0.39 is 0 Å². The molecule has 1 amide bonds. The Hall–Kier alpha value is -1.81. The lowest BCUT2D eigenvalue weighted by atomic mass is 9.69. The Morgan fingerprint density at radius 1 is 1.32 bits per heavy atom. The first-order valence-electron chi connectivity index (χ1n) is 9.54. The normalized spacial score (nSPS) is 30.7. The number of amides is 1. The number of rotatable bonds is 3. The van der Waals surface area contributed by atoms with E-state index in [1.165, 1.54) is 29.8 Å². The highest BCUT2D eigenvalue weighted by Gasteiger charge is 2.42. The smallest absolute Gasteiger partial charge is 0.220 e. The van der Waals surface area contributed by atoms with E-state index in [1.807, 2.05) is 6.08 Å². The molecule has 3 atom stereocenters. The zero-order valence-electron chi connectivity index (χ0n) is 15.3. The third kappa shape index (κ3) is 2.67. The van der Waals surface area contributed by atoms with Crippen molar-refractivity contribution in [2.24, 2.45) is 0 Å². The fourth-order valence-electron chi connectivity index (χ4n) is 5.11. The molecule has 3 aliphatic rings. The van der Waals surface area contributed by atoms with Gasteiger partial charge in [0.2, 0.25) is 5.91 Å². The van der Waals surface area contributed by atoms with Crippen LogP contribution in [-0.4, -0.2) is 23.6 Å². The number of fused-ring (bicyclic) bond motifs is 2. The van der Waals surface area contributed by atoms with E-state index in [1.54, 1.807) is 7.11 Å². The largest absolute Gasteiger partial charge is 0.378 e. The summed E-state index contributed by atoms with van der Waals surface area (Å²) >= 11 is 0. The molecule has 3 heterocycles. The number of ether oxygens (including phenoxy) is 1. The summed E-state index contributed by atoms with van der Waals surface area (Å²) in [4.78, 5) is 12.5. The fourth-order valence-corrected chi connectivity index (χ4v) is 5.11. The van der Waals surface area contributed by atoms with Gasteiger partial charge in [0.05, 0.1) is 12.6 Å². The molecule has 4 nitrogen and oxygen atoms in total. The molecule has 0 spiro atoms. The van der Waals surface area contributed by atoms with Crippen LogP contribution in [0.1, 0.15) is 61.9 Å². The van der Waals surface area contributed by atoms with Crippen molar-refractivity contribution in [2.45, 2.75) is 69.6 Å². The second-order valence-electron chi connectivity index (χ2n) is 7.65. The Balaban J connectivity index is 1.92.